The van der Waals surface area contributed by atoms with Crippen molar-refractivity contribution >= 4 is 11.7 Å². The molecule has 4 rings (SSSR count). The number of halogens is 1. The monoisotopic (exact) mass is 396 g/mol. The highest BCUT2D eigenvalue weighted by molar-refractivity contribution is 5.85. The summed E-state index contributed by atoms with van der Waals surface area (Å²) in [6.45, 7) is 7.02. The molecule has 5 nitrogen and oxygen atoms in total. The summed E-state index contributed by atoms with van der Waals surface area (Å²) in [5.74, 6) is 1.82. The number of rotatable bonds is 5. The van der Waals surface area contributed by atoms with E-state index in [2.05, 4.69) is 16.8 Å². The summed E-state index contributed by atoms with van der Waals surface area (Å²) in [4.78, 5) is 26.9. The maximum absolute atomic E-state index is 13.4. The Morgan fingerprint density at radius 3 is 2.69 bits per heavy atom. The molecule has 3 heterocycles. The van der Waals surface area contributed by atoms with Gasteiger partial charge < -0.3 is 9.80 Å². The van der Waals surface area contributed by atoms with Gasteiger partial charge in [0.15, 0.2) is 0 Å². The molecule has 1 amide bonds. The lowest BCUT2D eigenvalue weighted by molar-refractivity contribution is -0.145. The summed E-state index contributed by atoms with van der Waals surface area (Å²) in [5, 5.41) is 0. The van der Waals surface area contributed by atoms with Crippen molar-refractivity contribution in [2.45, 2.75) is 52.5 Å². The van der Waals surface area contributed by atoms with Crippen LogP contribution in [-0.2, 0) is 17.8 Å². The van der Waals surface area contributed by atoms with Gasteiger partial charge in [0.2, 0.25) is 5.91 Å². The van der Waals surface area contributed by atoms with Gasteiger partial charge in [0.1, 0.15) is 17.5 Å². The molecule has 0 saturated carbocycles. The molecule has 1 aromatic carbocycles. The second kappa shape index (κ2) is 8.09. The van der Waals surface area contributed by atoms with Gasteiger partial charge in [-0.15, -0.1) is 0 Å². The van der Waals surface area contributed by atoms with Gasteiger partial charge in [-0.05, 0) is 50.3 Å². The Labute approximate surface area is 172 Å². The summed E-state index contributed by atoms with van der Waals surface area (Å²) in [5.41, 5.74) is 1.62. The van der Waals surface area contributed by atoms with E-state index in [0.717, 1.165) is 68.1 Å². The molecule has 1 spiro atoms. The largest absolute Gasteiger partial charge is 0.355 e. The van der Waals surface area contributed by atoms with Gasteiger partial charge in [0.25, 0.3) is 0 Å². The molecule has 154 valence electrons. The van der Waals surface area contributed by atoms with E-state index in [9.17, 15) is 9.18 Å². The van der Waals surface area contributed by atoms with Crippen LogP contribution in [-0.4, -0.2) is 40.4 Å². The molecule has 0 radical (unpaired) electrons. The average Bonchev–Trinajstić information content (AvgIpc) is 3.12. The van der Waals surface area contributed by atoms with E-state index in [0.29, 0.717) is 13.1 Å². The maximum atomic E-state index is 13.4. The van der Waals surface area contributed by atoms with E-state index in [1.165, 1.54) is 12.1 Å². The maximum Gasteiger partial charge on any atom is 0.230 e. The van der Waals surface area contributed by atoms with E-state index in [4.69, 9.17) is 4.98 Å². The smallest absolute Gasteiger partial charge is 0.230 e. The number of hydrogen-bond donors (Lipinski definition) is 0. The standard InChI is InChI=1S/C23H29FN4O/c1-3-5-20-25-17(2)14-21(26-20)28-13-11-23(16-28)10-4-12-27(22(23)29)15-18-6-8-19(24)9-7-18/h6-9,14H,3-5,10-13,15-16H2,1-2H3/t23-/m0/s1. The van der Waals surface area contributed by atoms with Gasteiger partial charge in [-0.25, -0.2) is 14.4 Å². The molecule has 2 aliphatic rings. The summed E-state index contributed by atoms with van der Waals surface area (Å²) in [6, 6.07) is 8.49. The van der Waals surface area contributed by atoms with Crippen LogP contribution in [0.1, 0.15) is 49.7 Å². The van der Waals surface area contributed by atoms with Crippen molar-refractivity contribution in [2.24, 2.45) is 5.41 Å². The minimum absolute atomic E-state index is 0.232. The molecule has 0 bridgehead atoms. The van der Waals surface area contributed by atoms with Crippen molar-refractivity contribution in [2.75, 3.05) is 24.5 Å². The van der Waals surface area contributed by atoms with Crippen molar-refractivity contribution in [3.8, 4) is 0 Å². The zero-order chi connectivity index (χ0) is 20.4. The number of aryl methyl sites for hydroxylation is 2. The molecule has 0 unspecified atom stereocenters. The highest BCUT2D eigenvalue weighted by Crippen LogP contribution is 2.41. The van der Waals surface area contributed by atoms with Gasteiger partial charge in [0.05, 0.1) is 5.41 Å². The summed E-state index contributed by atoms with van der Waals surface area (Å²) in [7, 11) is 0. The fraction of sp³-hybridized carbons (Fsp3) is 0.522. The highest BCUT2D eigenvalue weighted by Gasteiger charge is 2.48. The van der Waals surface area contributed by atoms with Crippen LogP contribution in [0.2, 0.25) is 0 Å². The summed E-state index contributed by atoms with van der Waals surface area (Å²) < 4.78 is 13.2. The Kier molecular flexibility index (Phi) is 5.52. The van der Waals surface area contributed by atoms with Crippen LogP contribution in [0.25, 0.3) is 0 Å². The third kappa shape index (κ3) is 4.11. The van der Waals surface area contributed by atoms with Crippen molar-refractivity contribution in [1.82, 2.24) is 14.9 Å². The third-order valence-electron chi connectivity index (χ3n) is 6.15. The molecule has 1 aromatic heterocycles. The van der Waals surface area contributed by atoms with Crippen molar-refractivity contribution in [3.63, 3.8) is 0 Å². The first-order valence-electron chi connectivity index (χ1n) is 10.6. The Hall–Kier alpha value is -2.50. The van der Waals surface area contributed by atoms with Crippen LogP contribution < -0.4 is 4.90 Å². The van der Waals surface area contributed by atoms with E-state index in [1.54, 1.807) is 12.1 Å². The number of likely N-dealkylation sites (tertiary alicyclic amines) is 1. The first-order chi connectivity index (χ1) is 14.0. The van der Waals surface area contributed by atoms with E-state index in [1.807, 2.05) is 17.9 Å². The molecule has 2 aliphatic heterocycles. The normalized spacial score (nSPS) is 22.0. The Morgan fingerprint density at radius 1 is 1.14 bits per heavy atom. The number of carbonyl (C=O) groups is 1. The molecule has 1 atom stereocenters. The number of aromatic nitrogens is 2. The average molecular weight is 397 g/mol. The molecule has 0 N–H and O–H groups in total. The molecule has 0 aliphatic carbocycles. The Morgan fingerprint density at radius 2 is 1.93 bits per heavy atom. The molecule has 2 fully saturated rings. The second-order valence-electron chi connectivity index (χ2n) is 8.44. The molecule has 29 heavy (non-hydrogen) atoms. The van der Waals surface area contributed by atoms with E-state index < -0.39 is 0 Å². The van der Waals surface area contributed by atoms with Crippen LogP contribution >= 0.6 is 0 Å². The number of piperidine rings is 1. The number of benzene rings is 1. The molecular formula is C23H29FN4O. The van der Waals surface area contributed by atoms with Gasteiger partial charge in [-0.2, -0.15) is 0 Å². The second-order valence-corrected chi connectivity index (χ2v) is 8.44. The predicted octanol–water partition coefficient (Wildman–Crippen LogP) is 3.90. The zero-order valence-electron chi connectivity index (χ0n) is 17.3. The van der Waals surface area contributed by atoms with Gasteiger partial charge in [-0.3, -0.25) is 4.79 Å². The van der Waals surface area contributed by atoms with E-state index in [-0.39, 0.29) is 17.1 Å². The SMILES string of the molecule is CCCc1nc(C)cc(N2CC[C@@]3(CCCN(Cc4ccc(F)cc4)C3=O)C2)n1. The zero-order valence-corrected chi connectivity index (χ0v) is 17.3. The van der Waals surface area contributed by atoms with Crippen LogP contribution in [0.3, 0.4) is 0 Å². The van der Waals surface area contributed by atoms with Crippen LogP contribution in [0.15, 0.2) is 30.3 Å². The lowest BCUT2D eigenvalue weighted by atomic mass is 9.78. The lowest BCUT2D eigenvalue weighted by Gasteiger charge is -2.39. The number of anilines is 1. The minimum Gasteiger partial charge on any atom is -0.355 e. The fourth-order valence-corrected chi connectivity index (χ4v) is 4.67. The highest BCUT2D eigenvalue weighted by atomic mass is 19.1. The van der Waals surface area contributed by atoms with Crippen molar-refractivity contribution in [1.29, 1.82) is 0 Å². The quantitative estimate of drug-likeness (QED) is 0.769. The molecular weight excluding hydrogens is 367 g/mol. The molecule has 2 aromatic rings. The molecule has 2 saturated heterocycles. The minimum atomic E-state index is -0.331. The topological polar surface area (TPSA) is 49.3 Å². The van der Waals surface area contributed by atoms with Crippen LogP contribution in [0.5, 0.6) is 0 Å². The van der Waals surface area contributed by atoms with Gasteiger partial charge in [0, 0.05) is 44.4 Å². The molecule has 6 heteroatoms. The Bertz CT molecular complexity index is 885. The number of amides is 1. The summed E-state index contributed by atoms with van der Waals surface area (Å²) in [6.07, 6.45) is 4.68. The van der Waals surface area contributed by atoms with Gasteiger partial charge in [-0.1, -0.05) is 19.1 Å². The first-order valence-corrected chi connectivity index (χ1v) is 10.6. The number of carbonyl (C=O) groups excluding carboxylic acids is 1. The first kappa shape index (κ1) is 19.8. The Balaban J connectivity index is 1.50. The predicted molar refractivity (Wildman–Crippen MR) is 111 cm³/mol. The number of nitrogens with zero attached hydrogens (tertiary/aromatic N) is 4. The number of hydrogen-bond acceptors (Lipinski definition) is 4. The lowest BCUT2D eigenvalue weighted by Crippen LogP contribution is -2.49. The third-order valence-corrected chi connectivity index (χ3v) is 6.15. The van der Waals surface area contributed by atoms with E-state index >= 15 is 0 Å². The van der Waals surface area contributed by atoms with Crippen molar-refractivity contribution < 1.29 is 9.18 Å². The van der Waals surface area contributed by atoms with Crippen LogP contribution in [0.4, 0.5) is 10.2 Å². The van der Waals surface area contributed by atoms with Gasteiger partial charge >= 0.3 is 0 Å². The fourth-order valence-electron chi connectivity index (χ4n) is 4.67. The van der Waals surface area contributed by atoms with Crippen molar-refractivity contribution in [3.05, 3.63) is 53.2 Å². The summed E-state index contributed by atoms with van der Waals surface area (Å²) >= 11 is 0. The van der Waals surface area contributed by atoms with Crippen LogP contribution in [0, 0.1) is 18.2 Å².